The van der Waals surface area contributed by atoms with Crippen molar-refractivity contribution in [2.45, 2.75) is 12.3 Å². The SMILES string of the molecule is C=NN([B]c1ccccc1)C([B]c1ccccc1)C[B]c1ccccc1. The molecule has 3 rings (SSSR count). The van der Waals surface area contributed by atoms with Crippen LogP contribution in [0.3, 0.4) is 0 Å². The van der Waals surface area contributed by atoms with Crippen molar-refractivity contribution in [2.24, 2.45) is 5.10 Å². The lowest BCUT2D eigenvalue weighted by Crippen LogP contribution is -2.47. The Labute approximate surface area is 158 Å². The first-order valence-corrected chi connectivity index (χ1v) is 8.78. The minimum atomic E-state index is 0.0790. The van der Waals surface area contributed by atoms with Crippen molar-refractivity contribution in [3.63, 3.8) is 0 Å². The summed E-state index contributed by atoms with van der Waals surface area (Å²) in [6.07, 6.45) is 0.835. The molecule has 3 radical (unpaired) electrons. The Bertz CT molecular complexity index is 782. The van der Waals surface area contributed by atoms with Crippen LogP contribution in [0.4, 0.5) is 0 Å². The van der Waals surface area contributed by atoms with Crippen molar-refractivity contribution in [2.75, 3.05) is 0 Å². The van der Waals surface area contributed by atoms with Crippen LogP contribution < -0.4 is 16.4 Å². The third-order valence-electron chi connectivity index (χ3n) is 4.16. The van der Waals surface area contributed by atoms with Crippen LogP contribution in [0.25, 0.3) is 0 Å². The molecule has 2 nitrogen and oxygen atoms in total. The summed E-state index contributed by atoms with van der Waals surface area (Å²) in [7, 11) is 6.50. The van der Waals surface area contributed by atoms with Crippen molar-refractivity contribution in [1.82, 2.24) is 4.92 Å². The van der Waals surface area contributed by atoms with E-state index < -0.39 is 0 Å². The van der Waals surface area contributed by atoms with Gasteiger partial charge in [0, 0.05) is 12.7 Å². The summed E-state index contributed by atoms with van der Waals surface area (Å²) in [5.41, 5.74) is 3.49. The first kappa shape index (κ1) is 18.1. The molecule has 0 bridgehead atoms. The van der Waals surface area contributed by atoms with E-state index in [0.29, 0.717) is 0 Å². The second-order valence-electron chi connectivity index (χ2n) is 6.06. The summed E-state index contributed by atoms with van der Waals surface area (Å²) in [6.45, 7) is 3.79. The van der Waals surface area contributed by atoms with E-state index in [1.807, 2.05) is 42.7 Å². The Balaban J connectivity index is 1.74. The summed E-state index contributed by atoms with van der Waals surface area (Å²) < 4.78 is 0. The molecule has 0 saturated carbocycles. The molecule has 0 spiro atoms. The van der Waals surface area contributed by atoms with Crippen molar-refractivity contribution in [1.29, 1.82) is 0 Å². The molecule has 0 amide bonds. The highest BCUT2D eigenvalue weighted by molar-refractivity contribution is 6.62. The lowest BCUT2D eigenvalue weighted by molar-refractivity contribution is 0.464. The van der Waals surface area contributed by atoms with E-state index in [-0.39, 0.29) is 5.94 Å². The summed E-state index contributed by atoms with van der Waals surface area (Å²) in [4.78, 5) is 1.93. The number of rotatable bonds is 9. The highest BCUT2D eigenvalue weighted by Gasteiger charge is 2.20. The van der Waals surface area contributed by atoms with Crippen LogP contribution in [-0.2, 0) is 0 Å². The van der Waals surface area contributed by atoms with Crippen LogP contribution in [0.2, 0.25) is 6.32 Å². The number of hydrogen-bond acceptors (Lipinski definition) is 2. The number of hydrogen-bond donors (Lipinski definition) is 0. The van der Waals surface area contributed by atoms with E-state index >= 15 is 0 Å². The van der Waals surface area contributed by atoms with Gasteiger partial charge in [0.05, 0.1) is 0 Å². The molecule has 0 N–H and O–H groups in total. The van der Waals surface area contributed by atoms with Gasteiger partial charge in [-0.2, -0.15) is 0 Å². The molecule has 26 heavy (non-hydrogen) atoms. The molecule has 5 heteroatoms. The number of hydrazone groups is 1. The first-order valence-electron chi connectivity index (χ1n) is 8.78. The quantitative estimate of drug-likeness (QED) is 0.330. The molecule has 0 aliphatic carbocycles. The van der Waals surface area contributed by atoms with Crippen LogP contribution >= 0.6 is 0 Å². The molecular formula is C21H20B3N2. The molecule has 0 saturated heterocycles. The maximum absolute atomic E-state index is 4.27. The maximum atomic E-state index is 4.27. The molecule has 0 aliphatic rings. The predicted octanol–water partition coefficient (Wildman–Crippen LogP) is 1.65. The predicted molar refractivity (Wildman–Crippen MR) is 115 cm³/mol. The fraction of sp³-hybridized carbons (Fsp3) is 0.0952. The van der Waals surface area contributed by atoms with Gasteiger partial charge in [0.15, 0.2) is 14.6 Å². The molecule has 0 aliphatic heterocycles. The lowest BCUT2D eigenvalue weighted by Gasteiger charge is -2.29. The van der Waals surface area contributed by atoms with Gasteiger partial charge in [0.1, 0.15) is 0 Å². The molecule has 3 aromatic carbocycles. The number of benzene rings is 3. The Morgan fingerprint density at radius 3 is 1.77 bits per heavy atom. The van der Waals surface area contributed by atoms with E-state index in [1.165, 1.54) is 10.9 Å². The topological polar surface area (TPSA) is 15.6 Å². The van der Waals surface area contributed by atoms with Crippen molar-refractivity contribution in [3.8, 4) is 0 Å². The van der Waals surface area contributed by atoms with Gasteiger partial charge < -0.3 is 4.92 Å². The monoisotopic (exact) mass is 333 g/mol. The van der Waals surface area contributed by atoms with Crippen LogP contribution in [-0.4, -0.2) is 39.6 Å². The van der Waals surface area contributed by atoms with Gasteiger partial charge in [-0.1, -0.05) is 114 Å². The summed E-state index contributed by atoms with van der Waals surface area (Å²) in [5.74, 6) is 0.0790. The van der Waals surface area contributed by atoms with Gasteiger partial charge in [-0.3, -0.25) is 0 Å². The zero-order valence-electron chi connectivity index (χ0n) is 14.8. The van der Waals surface area contributed by atoms with Crippen molar-refractivity contribution >= 4 is 45.1 Å². The molecule has 3 aromatic rings. The second-order valence-corrected chi connectivity index (χ2v) is 6.06. The first-order chi connectivity index (χ1) is 12.8. The second kappa shape index (κ2) is 9.72. The molecule has 1 atom stereocenters. The minimum absolute atomic E-state index is 0.0790. The molecule has 123 valence electrons. The fourth-order valence-corrected chi connectivity index (χ4v) is 2.82. The average molecular weight is 333 g/mol. The molecule has 0 fully saturated rings. The summed E-state index contributed by atoms with van der Waals surface area (Å²) >= 11 is 0. The van der Waals surface area contributed by atoms with Gasteiger partial charge in [0.2, 0.25) is 0 Å². The van der Waals surface area contributed by atoms with Gasteiger partial charge in [-0.15, -0.1) is 0 Å². The summed E-state index contributed by atoms with van der Waals surface area (Å²) in [6, 6.07) is 30.9. The lowest BCUT2D eigenvalue weighted by atomic mass is 9.52. The van der Waals surface area contributed by atoms with Gasteiger partial charge in [0.25, 0.3) is 0 Å². The van der Waals surface area contributed by atoms with E-state index in [4.69, 9.17) is 0 Å². The molecule has 0 aromatic heterocycles. The summed E-state index contributed by atoms with van der Waals surface area (Å²) in [5, 5.41) is 4.27. The zero-order chi connectivity index (χ0) is 18.0. The van der Waals surface area contributed by atoms with Crippen LogP contribution in [0.5, 0.6) is 0 Å². The number of nitrogens with zero attached hydrogens (tertiary/aromatic N) is 2. The Hall–Kier alpha value is -2.68. The minimum Gasteiger partial charge on any atom is -0.346 e. The maximum Gasteiger partial charge on any atom is 0.308 e. The zero-order valence-corrected chi connectivity index (χ0v) is 14.8. The Kier molecular flexibility index (Phi) is 6.77. The largest absolute Gasteiger partial charge is 0.346 e. The van der Waals surface area contributed by atoms with Gasteiger partial charge >= 0.3 is 7.41 Å². The highest BCUT2D eigenvalue weighted by Crippen LogP contribution is 2.04. The standard InChI is InChI=1S/C21H20B3N2/c1-25-26(24-20-15-9-4-10-16-20)21(23-19-13-7-3-8-14-19)17-22-18-11-5-2-6-12-18/h2-16,21H,1,17H2. The van der Waals surface area contributed by atoms with Crippen molar-refractivity contribution in [3.05, 3.63) is 91.0 Å². The smallest absolute Gasteiger partial charge is 0.308 e. The van der Waals surface area contributed by atoms with Crippen LogP contribution in [0.1, 0.15) is 0 Å². The third kappa shape index (κ3) is 5.42. The van der Waals surface area contributed by atoms with Crippen LogP contribution in [0, 0.1) is 0 Å². The van der Waals surface area contributed by atoms with E-state index in [2.05, 4.69) is 87.0 Å². The molecular weight excluding hydrogens is 313 g/mol. The van der Waals surface area contributed by atoms with Gasteiger partial charge in [-0.05, 0) is 0 Å². The Morgan fingerprint density at radius 1 is 0.731 bits per heavy atom. The van der Waals surface area contributed by atoms with Crippen LogP contribution in [0.15, 0.2) is 96.1 Å². The van der Waals surface area contributed by atoms with Crippen molar-refractivity contribution < 1.29 is 0 Å². The highest BCUT2D eigenvalue weighted by atomic mass is 15.4. The van der Waals surface area contributed by atoms with E-state index in [9.17, 15) is 0 Å². The average Bonchev–Trinajstić information content (AvgIpc) is 2.72. The normalized spacial score (nSPS) is 11.2. The van der Waals surface area contributed by atoms with Gasteiger partial charge in [-0.25, -0.2) is 5.10 Å². The molecule has 0 heterocycles. The Morgan fingerprint density at radius 2 is 1.23 bits per heavy atom. The van der Waals surface area contributed by atoms with E-state index in [1.54, 1.807) is 0 Å². The third-order valence-corrected chi connectivity index (χ3v) is 4.16. The fourth-order valence-electron chi connectivity index (χ4n) is 2.82. The van der Waals surface area contributed by atoms with E-state index in [0.717, 1.165) is 11.8 Å². The molecule has 1 unspecified atom stereocenters.